The zero-order valence-corrected chi connectivity index (χ0v) is 17.7. The van der Waals surface area contributed by atoms with Gasteiger partial charge in [0.25, 0.3) is 5.91 Å². The van der Waals surface area contributed by atoms with Gasteiger partial charge in [0.05, 0.1) is 10.5 Å². The summed E-state index contributed by atoms with van der Waals surface area (Å²) in [6.07, 6.45) is 6.23. The summed E-state index contributed by atoms with van der Waals surface area (Å²) in [5, 5.41) is 2.70. The van der Waals surface area contributed by atoms with Crippen LogP contribution in [0.4, 0.5) is 4.39 Å². The highest BCUT2D eigenvalue weighted by atomic mass is 32.2. The average molecular weight is 427 g/mol. The zero-order valence-electron chi connectivity index (χ0n) is 16.9. The van der Waals surface area contributed by atoms with Crippen molar-refractivity contribution in [2.45, 2.75) is 50.0 Å². The Bertz CT molecular complexity index is 896. The van der Waals surface area contributed by atoms with Gasteiger partial charge in [-0.15, -0.1) is 0 Å². The van der Waals surface area contributed by atoms with Crippen molar-refractivity contribution in [1.82, 2.24) is 9.62 Å². The summed E-state index contributed by atoms with van der Waals surface area (Å²) in [4.78, 5) is 24.2. The monoisotopic (exact) mass is 426 g/mol. The number of hydrogen-bond acceptors (Lipinski definition) is 5. The van der Waals surface area contributed by atoms with Crippen molar-refractivity contribution in [3.8, 4) is 0 Å². The highest BCUT2D eigenvalue weighted by Gasteiger charge is 2.24. The largest absolute Gasteiger partial charge is 0.449 e. The Kier molecular flexibility index (Phi) is 7.92. The molecule has 0 spiro atoms. The molecule has 9 heteroatoms. The van der Waals surface area contributed by atoms with Gasteiger partial charge in [-0.1, -0.05) is 11.6 Å². The second-order valence-corrected chi connectivity index (χ2v) is 9.28. The lowest BCUT2D eigenvalue weighted by Gasteiger charge is -2.16. The molecule has 0 unspecified atom stereocenters. The quantitative estimate of drug-likeness (QED) is 0.510. The Morgan fingerprint density at radius 2 is 2.00 bits per heavy atom. The van der Waals surface area contributed by atoms with E-state index in [0.717, 1.165) is 48.2 Å². The van der Waals surface area contributed by atoms with Gasteiger partial charge in [-0.05, 0) is 57.2 Å². The Hall–Kier alpha value is -2.26. The number of nitrogens with one attached hydrogen (secondary N) is 1. The van der Waals surface area contributed by atoms with Gasteiger partial charge in [0, 0.05) is 20.6 Å². The summed E-state index contributed by atoms with van der Waals surface area (Å²) >= 11 is 0. The fourth-order valence-electron chi connectivity index (χ4n) is 2.93. The van der Waals surface area contributed by atoms with E-state index in [1.807, 2.05) is 0 Å². The van der Waals surface area contributed by atoms with E-state index in [9.17, 15) is 22.4 Å². The van der Waals surface area contributed by atoms with Crippen molar-refractivity contribution in [3.63, 3.8) is 0 Å². The van der Waals surface area contributed by atoms with Crippen LogP contribution in [0.15, 0.2) is 34.7 Å². The summed E-state index contributed by atoms with van der Waals surface area (Å²) in [6, 6.07) is 2.86. The molecular formula is C20H27FN2O5S. The Morgan fingerprint density at radius 3 is 2.62 bits per heavy atom. The van der Waals surface area contributed by atoms with Crippen LogP contribution in [0.3, 0.4) is 0 Å². The average Bonchev–Trinajstić information content (AvgIpc) is 2.68. The van der Waals surface area contributed by atoms with Gasteiger partial charge >= 0.3 is 5.97 Å². The van der Waals surface area contributed by atoms with Crippen LogP contribution in [0.25, 0.3) is 0 Å². The lowest BCUT2D eigenvalue weighted by molar-refractivity contribution is -0.129. The summed E-state index contributed by atoms with van der Waals surface area (Å²) in [5.41, 5.74) is 0.766. The Balaban J connectivity index is 1.98. The minimum atomic E-state index is -3.84. The van der Waals surface area contributed by atoms with Crippen molar-refractivity contribution < 1.29 is 27.1 Å². The summed E-state index contributed by atoms with van der Waals surface area (Å²) in [6.45, 7) is 1.81. The third-order valence-corrected chi connectivity index (χ3v) is 6.53. The summed E-state index contributed by atoms with van der Waals surface area (Å²) in [5.74, 6) is -2.52. The second kappa shape index (κ2) is 9.98. The highest BCUT2D eigenvalue weighted by Crippen LogP contribution is 2.20. The van der Waals surface area contributed by atoms with Crippen molar-refractivity contribution in [2.24, 2.45) is 0 Å². The number of ether oxygens (including phenoxy) is 1. The van der Waals surface area contributed by atoms with E-state index >= 15 is 0 Å². The van der Waals surface area contributed by atoms with E-state index in [1.54, 1.807) is 0 Å². The molecular weight excluding hydrogens is 399 g/mol. The minimum Gasteiger partial charge on any atom is -0.449 e. The van der Waals surface area contributed by atoms with Crippen molar-refractivity contribution >= 4 is 21.9 Å². The number of nitrogens with zero attached hydrogens (tertiary/aromatic N) is 1. The van der Waals surface area contributed by atoms with Crippen LogP contribution in [0, 0.1) is 5.82 Å². The third-order valence-electron chi connectivity index (χ3n) is 4.72. The zero-order chi connectivity index (χ0) is 21.6. The number of amides is 1. The number of esters is 1. The number of carbonyl (C=O) groups excluding carboxylic acids is 2. The maximum Gasteiger partial charge on any atom is 0.341 e. The number of carbonyl (C=O) groups is 2. The minimum absolute atomic E-state index is 0.242. The number of benzene rings is 1. The van der Waals surface area contributed by atoms with Gasteiger partial charge in [-0.3, -0.25) is 4.79 Å². The predicted molar refractivity (Wildman–Crippen MR) is 106 cm³/mol. The predicted octanol–water partition coefficient (Wildman–Crippen LogP) is 2.63. The first-order chi connectivity index (χ1) is 13.6. The van der Waals surface area contributed by atoms with Crippen molar-refractivity contribution in [1.29, 1.82) is 0 Å². The third kappa shape index (κ3) is 6.11. The maximum atomic E-state index is 14.1. The fraction of sp³-hybridized carbons (Fsp3) is 0.500. The molecule has 1 aromatic rings. The number of allylic oxidation sites excluding steroid dienone is 1. The lowest BCUT2D eigenvalue weighted by atomic mass is 9.97. The summed E-state index contributed by atoms with van der Waals surface area (Å²) < 4.78 is 44.4. The van der Waals surface area contributed by atoms with E-state index in [2.05, 4.69) is 11.4 Å². The molecule has 1 aromatic carbocycles. The van der Waals surface area contributed by atoms with Crippen LogP contribution in [0.2, 0.25) is 0 Å². The molecule has 1 aliphatic carbocycles. The molecule has 1 N–H and O–H groups in total. The van der Waals surface area contributed by atoms with Crippen molar-refractivity contribution in [2.75, 3.05) is 20.6 Å². The number of halogens is 1. The number of sulfonamides is 1. The van der Waals surface area contributed by atoms with Crippen LogP contribution in [0.1, 0.15) is 49.4 Å². The van der Waals surface area contributed by atoms with Crippen LogP contribution in [0.5, 0.6) is 0 Å². The highest BCUT2D eigenvalue weighted by molar-refractivity contribution is 7.89. The molecule has 1 atom stereocenters. The van der Waals surface area contributed by atoms with Crippen LogP contribution >= 0.6 is 0 Å². The lowest BCUT2D eigenvalue weighted by Crippen LogP contribution is -2.36. The SMILES string of the molecule is C[C@H](OC(=O)c1cc(S(=O)(=O)N(C)C)ccc1F)C(=O)NCCC1=CCCCC1. The fourth-order valence-corrected chi connectivity index (χ4v) is 3.86. The second-order valence-electron chi connectivity index (χ2n) is 7.13. The normalized spacial score (nSPS) is 15.6. The molecule has 0 aromatic heterocycles. The van der Waals surface area contributed by atoms with Crippen LogP contribution < -0.4 is 5.32 Å². The maximum absolute atomic E-state index is 14.1. The van der Waals surface area contributed by atoms with Crippen LogP contribution in [-0.2, 0) is 19.6 Å². The topological polar surface area (TPSA) is 92.8 Å². The first-order valence-corrected chi connectivity index (χ1v) is 11.0. The molecule has 0 heterocycles. The van der Waals surface area contributed by atoms with E-state index in [0.29, 0.717) is 6.54 Å². The first kappa shape index (κ1) is 23.0. The standard InChI is InChI=1S/C20H27FN2O5S/c1-14(19(24)22-12-11-15-7-5-4-6-8-15)28-20(25)17-13-16(9-10-18(17)21)29(26,27)23(2)3/h7,9-10,13-14H,4-6,8,11-12H2,1-3H3,(H,22,24)/t14-/m0/s1. The van der Waals surface area contributed by atoms with Gasteiger partial charge in [-0.2, -0.15) is 0 Å². The molecule has 29 heavy (non-hydrogen) atoms. The van der Waals surface area contributed by atoms with E-state index in [1.165, 1.54) is 33.0 Å². The van der Waals surface area contributed by atoms with Gasteiger partial charge in [0.1, 0.15) is 5.82 Å². The summed E-state index contributed by atoms with van der Waals surface area (Å²) in [7, 11) is -1.19. The Morgan fingerprint density at radius 1 is 1.28 bits per heavy atom. The molecule has 160 valence electrons. The first-order valence-electron chi connectivity index (χ1n) is 9.51. The van der Waals surface area contributed by atoms with E-state index in [-0.39, 0.29) is 4.90 Å². The molecule has 7 nitrogen and oxygen atoms in total. The Labute approximate surface area is 171 Å². The van der Waals surface area contributed by atoms with E-state index in [4.69, 9.17) is 4.74 Å². The van der Waals surface area contributed by atoms with Gasteiger partial charge in [-0.25, -0.2) is 21.9 Å². The number of rotatable bonds is 8. The van der Waals surface area contributed by atoms with Crippen LogP contribution in [-0.4, -0.2) is 51.3 Å². The van der Waals surface area contributed by atoms with Gasteiger partial charge in [0.2, 0.25) is 10.0 Å². The smallest absolute Gasteiger partial charge is 0.341 e. The van der Waals surface area contributed by atoms with Gasteiger partial charge in [0.15, 0.2) is 6.10 Å². The molecule has 0 fully saturated rings. The molecule has 0 radical (unpaired) electrons. The number of hydrogen-bond donors (Lipinski definition) is 1. The molecule has 2 rings (SSSR count). The van der Waals surface area contributed by atoms with Crippen molar-refractivity contribution in [3.05, 3.63) is 41.2 Å². The molecule has 0 saturated heterocycles. The molecule has 0 bridgehead atoms. The molecule has 1 aliphatic rings. The molecule has 1 amide bonds. The molecule has 0 aliphatic heterocycles. The van der Waals surface area contributed by atoms with E-state index < -0.39 is 39.4 Å². The van der Waals surface area contributed by atoms with Gasteiger partial charge < -0.3 is 10.1 Å². The molecule has 0 saturated carbocycles.